The van der Waals surface area contributed by atoms with Gasteiger partial charge in [0.05, 0.1) is 14.2 Å². The van der Waals surface area contributed by atoms with Crippen LogP contribution in [0.15, 0.2) is 23.2 Å². The minimum absolute atomic E-state index is 0. The molecule has 26 heavy (non-hydrogen) atoms. The third-order valence-corrected chi connectivity index (χ3v) is 5.00. The number of hydrogen-bond acceptors (Lipinski definition) is 4. The van der Waals surface area contributed by atoms with Crippen molar-refractivity contribution in [3.8, 4) is 11.5 Å². The molecular weight excluding hydrogens is 445 g/mol. The molecule has 0 unspecified atom stereocenters. The summed E-state index contributed by atoms with van der Waals surface area (Å²) in [5, 5.41) is 6.81. The van der Waals surface area contributed by atoms with Crippen LogP contribution >= 0.6 is 24.0 Å². The van der Waals surface area contributed by atoms with Gasteiger partial charge >= 0.3 is 0 Å². The van der Waals surface area contributed by atoms with Gasteiger partial charge in [0, 0.05) is 39.1 Å². The van der Waals surface area contributed by atoms with Crippen molar-refractivity contribution in [1.29, 1.82) is 0 Å². The third kappa shape index (κ3) is 6.19. The molecule has 148 valence electrons. The van der Waals surface area contributed by atoms with Gasteiger partial charge in [0.25, 0.3) is 0 Å². The molecule has 0 radical (unpaired) electrons. The number of ether oxygens (including phenoxy) is 3. The monoisotopic (exact) mass is 477 g/mol. The van der Waals surface area contributed by atoms with Crippen LogP contribution in [0.3, 0.4) is 0 Å². The van der Waals surface area contributed by atoms with Crippen molar-refractivity contribution in [2.75, 3.05) is 46.8 Å². The number of aliphatic imine (C=N–C) groups is 1. The highest BCUT2D eigenvalue weighted by Gasteiger charge is 2.33. The topological polar surface area (TPSA) is 64.1 Å². The lowest BCUT2D eigenvalue weighted by atomic mass is 9.83. The predicted molar refractivity (Wildman–Crippen MR) is 117 cm³/mol. The van der Waals surface area contributed by atoms with Gasteiger partial charge in [-0.15, -0.1) is 24.0 Å². The van der Waals surface area contributed by atoms with Crippen LogP contribution in [0, 0.1) is 5.41 Å². The first-order valence-corrected chi connectivity index (χ1v) is 8.85. The van der Waals surface area contributed by atoms with Crippen LogP contribution in [-0.4, -0.2) is 47.5 Å². The zero-order valence-corrected chi connectivity index (χ0v) is 18.6. The first-order chi connectivity index (χ1) is 12.2. The second-order valence-corrected chi connectivity index (χ2v) is 6.57. The van der Waals surface area contributed by atoms with Gasteiger partial charge in [-0.05, 0) is 36.8 Å². The van der Waals surface area contributed by atoms with E-state index in [9.17, 15) is 0 Å². The van der Waals surface area contributed by atoms with Gasteiger partial charge in [-0.3, -0.25) is 4.99 Å². The molecule has 0 atom stereocenters. The molecule has 0 bridgehead atoms. The summed E-state index contributed by atoms with van der Waals surface area (Å²) >= 11 is 0. The molecule has 7 heteroatoms. The summed E-state index contributed by atoms with van der Waals surface area (Å²) in [6.07, 6.45) is 6.18. The van der Waals surface area contributed by atoms with E-state index in [0.29, 0.717) is 16.9 Å². The molecule has 1 aromatic carbocycles. The van der Waals surface area contributed by atoms with Gasteiger partial charge in [-0.1, -0.05) is 12.8 Å². The van der Waals surface area contributed by atoms with Crippen molar-refractivity contribution < 1.29 is 14.2 Å². The number of benzene rings is 1. The molecule has 1 aliphatic rings. The lowest BCUT2D eigenvalue weighted by Crippen LogP contribution is -2.40. The fourth-order valence-corrected chi connectivity index (χ4v) is 3.46. The number of nitrogens with one attached hydrogen (secondary N) is 2. The maximum Gasteiger partial charge on any atom is 0.195 e. The zero-order valence-electron chi connectivity index (χ0n) is 16.3. The van der Waals surface area contributed by atoms with Gasteiger partial charge in [0.1, 0.15) is 0 Å². The van der Waals surface area contributed by atoms with E-state index in [1.54, 1.807) is 28.4 Å². The summed E-state index contributed by atoms with van der Waals surface area (Å²) in [4.78, 5) is 4.34. The Labute approximate surface area is 174 Å². The Morgan fingerprint density at radius 2 is 1.81 bits per heavy atom. The Hall–Kier alpha value is -1.22. The van der Waals surface area contributed by atoms with E-state index in [0.717, 1.165) is 31.2 Å². The van der Waals surface area contributed by atoms with Crippen molar-refractivity contribution in [3.05, 3.63) is 18.2 Å². The fraction of sp³-hybridized carbons (Fsp3) is 0.632. The van der Waals surface area contributed by atoms with Gasteiger partial charge < -0.3 is 24.8 Å². The SMILES string of the molecule is CN=C(NCC1(CCOC)CCCC1)Nc1ccc(OC)c(OC)c1.I. The molecule has 0 heterocycles. The van der Waals surface area contributed by atoms with Crippen molar-refractivity contribution in [3.63, 3.8) is 0 Å². The van der Waals surface area contributed by atoms with Crippen molar-refractivity contribution >= 4 is 35.6 Å². The number of nitrogens with zero attached hydrogens (tertiary/aromatic N) is 1. The normalized spacial score (nSPS) is 15.9. The molecule has 0 saturated heterocycles. The number of guanidine groups is 1. The van der Waals surface area contributed by atoms with E-state index in [-0.39, 0.29) is 24.0 Å². The highest BCUT2D eigenvalue weighted by atomic mass is 127. The Balaban J connectivity index is 0.00000338. The standard InChI is InChI=1S/C19H31N3O3.HI/c1-20-18(21-14-19(11-12-23-2)9-5-6-10-19)22-15-7-8-16(24-3)17(13-15)25-4;/h7-8,13H,5-6,9-12,14H2,1-4H3,(H2,20,21,22);1H. The van der Waals surface area contributed by atoms with Crippen LogP contribution in [0.25, 0.3) is 0 Å². The molecule has 0 amide bonds. The molecule has 6 nitrogen and oxygen atoms in total. The quantitative estimate of drug-likeness (QED) is 0.338. The second-order valence-electron chi connectivity index (χ2n) is 6.57. The lowest BCUT2D eigenvalue weighted by molar-refractivity contribution is 0.138. The molecule has 1 fully saturated rings. The molecule has 0 aliphatic heterocycles. The molecule has 1 saturated carbocycles. The maximum atomic E-state index is 5.35. The first kappa shape index (κ1) is 22.8. The van der Waals surface area contributed by atoms with Crippen molar-refractivity contribution in [1.82, 2.24) is 5.32 Å². The Bertz CT molecular complexity index is 575. The number of rotatable bonds is 8. The van der Waals surface area contributed by atoms with Crippen LogP contribution < -0.4 is 20.1 Å². The van der Waals surface area contributed by atoms with Crippen LogP contribution in [0.4, 0.5) is 5.69 Å². The Morgan fingerprint density at radius 3 is 2.38 bits per heavy atom. The second kappa shape index (κ2) is 11.5. The van der Waals surface area contributed by atoms with Gasteiger partial charge in [-0.2, -0.15) is 0 Å². The average Bonchev–Trinajstić information content (AvgIpc) is 3.12. The van der Waals surface area contributed by atoms with Gasteiger partial charge in [0.2, 0.25) is 0 Å². The number of anilines is 1. The molecule has 0 spiro atoms. The molecule has 1 aliphatic carbocycles. The van der Waals surface area contributed by atoms with E-state index < -0.39 is 0 Å². The minimum Gasteiger partial charge on any atom is -0.493 e. The number of halogens is 1. The number of methoxy groups -OCH3 is 3. The van der Waals surface area contributed by atoms with E-state index >= 15 is 0 Å². The first-order valence-electron chi connectivity index (χ1n) is 8.85. The summed E-state index contributed by atoms with van der Waals surface area (Å²) in [6, 6.07) is 5.73. The van der Waals surface area contributed by atoms with Crippen LogP contribution in [0.5, 0.6) is 11.5 Å². The van der Waals surface area contributed by atoms with Crippen molar-refractivity contribution in [2.24, 2.45) is 10.4 Å². The molecule has 1 aromatic rings. The van der Waals surface area contributed by atoms with Crippen LogP contribution in [-0.2, 0) is 4.74 Å². The highest BCUT2D eigenvalue weighted by Crippen LogP contribution is 2.40. The van der Waals surface area contributed by atoms with E-state index in [4.69, 9.17) is 14.2 Å². The van der Waals surface area contributed by atoms with Crippen LogP contribution in [0.2, 0.25) is 0 Å². The smallest absolute Gasteiger partial charge is 0.195 e. The lowest BCUT2D eigenvalue weighted by Gasteiger charge is -2.30. The largest absolute Gasteiger partial charge is 0.493 e. The third-order valence-electron chi connectivity index (χ3n) is 5.00. The van der Waals surface area contributed by atoms with E-state index in [1.807, 2.05) is 18.2 Å². The molecule has 0 aromatic heterocycles. The molecule has 2 rings (SSSR count). The van der Waals surface area contributed by atoms with Gasteiger partial charge in [0.15, 0.2) is 17.5 Å². The fourth-order valence-electron chi connectivity index (χ4n) is 3.46. The summed E-state index contributed by atoms with van der Waals surface area (Å²) in [6.45, 7) is 1.71. The van der Waals surface area contributed by atoms with Gasteiger partial charge in [-0.25, -0.2) is 0 Å². The van der Waals surface area contributed by atoms with E-state index in [2.05, 4.69) is 15.6 Å². The van der Waals surface area contributed by atoms with Crippen molar-refractivity contribution in [2.45, 2.75) is 32.1 Å². The summed E-state index contributed by atoms with van der Waals surface area (Å²) in [7, 11) is 6.82. The molecular formula is C19H32IN3O3. The molecule has 2 N–H and O–H groups in total. The number of hydrogen-bond donors (Lipinski definition) is 2. The maximum absolute atomic E-state index is 5.35. The summed E-state index contributed by atoms with van der Waals surface area (Å²) in [5.41, 5.74) is 1.22. The van der Waals surface area contributed by atoms with E-state index in [1.165, 1.54) is 25.7 Å². The summed E-state index contributed by atoms with van der Waals surface area (Å²) in [5.74, 6) is 2.16. The predicted octanol–water partition coefficient (Wildman–Crippen LogP) is 3.91. The Kier molecular flexibility index (Phi) is 10.1. The van der Waals surface area contributed by atoms with Crippen LogP contribution in [0.1, 0.15) is 32.1 Å². The minimum atomic E-state index is 0. The zero-order chi connectivity index (χ0) is 18.1. The highest BCUT2D eigenvalue weighted by molar-refractivity contribution is 14.0. The Morgan fingerprint density at radius 1 is 1.12 bits per heavy atom. The summed E-state index contributed by atoms with van der Waals surface area (Å²) < 4.78 is 15.9. The average molecular weight is 477 g/mol.